The van der Waals surface area contributed by atoms with E-state index in [1.165, 1.54) is 0 Å². The molecule has 0 saturated carbocycles. The van der Waals surface area contributed by atoms with E-state index in [1.54, 1.807) is 25.1 Å². The Labute approximate surface area is 186 Å². The fraction of sp³-hybridized carbons (Fsp3) is 0.182. The Morgan fingerprint density at radius 3 is 2.45 bits per heavy atom. The zero-order chi connectivity index (χ0) is 22.9. The van der Waals surface area contributed by atoms with Gasteiger partial charge in [-0.1, -0.05) is 17.7 Å². The van der Waals surface area contributed by atoms with Gasteiger partial charge in [0.15, 0.2) is 0 Å². The Kier molecular flexibility index (Phi) is 6.26. The summed E-state index contributed by atoms with van der Waals surface area (Å²) < 4.78 is 1.65. The van der Waals surface area contributed by atoms with E-state index in [4.69, 9.17) is 0 Å². The number of aromatic hydroxyl groups is 1. The van der Waals surface area contributed by atoms with Crippen LogP contribution in [0.4, 0.5) is 10.5 Å². The molecule has 8 nitrogen and oxygen atoms in total. The predicted octanol–water partition coefficient (Wildman–Crippen LogP) is 3.88. The third-order valence-corrected chi connectivity index (χ3v) is 5.51. The minimum absolute atomic E-state index is 0.311. The van der Waals surface area contributed by atoms with Crippen molar-refractivity contribution >= 4 is 33.9 Å². The van der Waals surface area contributed by atoms with E-state index in [2.05, 4.69) is 31.2 Å². The number of carbonyl (C=O) groups is 1. The number of aromatic amines is 1. The van der Waals surface area contributed by atoms with Crippen molar-refractivity contribution in [3.8, 4) is 11.6 Å². The number of halogens is 1. The second-order valence-corrected chi connectivity index (χ2v) is 8.08. The zero-order valence-electron chi connectivity index (χ0n) is 17.4. The summed E-state index contributed by atoms with van der Waals surface area (Å²) >= 11 is 3.38. The molecule has 0 saturated heterocycles. The fourth-order valence-corrected chi connectivity index (χ4v) is 3.64. The lowest BCUT2D eigenvalue weighted by Gasteiger charge is -2.12. The van der Waals surface area contributed by atoms with Crippen LogP contribution in [0.2, 0.25) is 0 Å². The Morgan fingerprint density at radius 1 is 1.10 bits per heavy atom. The molecule has 0 aliphatic rings. The van der Waals surface area contributed by atoms with Gasteiger partial charge >= 0.3 is 11.7 Å². The van der Waals surface area contributed by atoms with Crippen LogP contribution in [0.15, 0.2) is 49.4 Å². The summed E-state index contributed by atoms with van der Waals surface area (Å²) in [5.41, 5.74) is 2.71. The molecule has 1 heterocycles. The average Bonchev–Trinajstić information content (AvgIpc) is 2.67. The second-order valence-electron chi connectivity index (χ2n) is 7.23. The van der Waals surface area contributed by atoms with Crippen molar-refractivity contribution in [2.45, 2.75) is 27.7 Å². The Morgan fingerprint density at radius 2 is 1.77 bits per heavy atom. The van der Waals surface area contributed by atoms with E-state index in [1.807, 2.05) is 32.9 Å². The van der Waals surface area contributed by atoms with Gasteiger partial charge in [-0.3, -0.25) is 9.78 Å². The van der Waals surface area contributed by atoms with Crippen LogP contribution >= 0.6 is 15.9 Å². The molecule has 0 spiro atoms. The first-order valence-corrected chi connectivity index (χ1v) is 10.2. The van der Waals surface area contributed by atoms with Crippen LogP contribution in [0, 0.1) is 27.7 Å². The summed E-state index contributed by atoms with van der Waals surface area (Å²) in [7, 11) is 0. The van der Waals surface area contributed by atoms with Gasteiger partial charge in [0.1, 0.15) is 5.56 Å². The quantitative estimate of drug-likeness (QED) is 0.489. The third kappa shape index (κ3) is 4.66. The van der Waals surface area contributed by atoms with Crippen LogP contribution in [0.3, 0.4) is 0 Å². The summed E-state index contributed by atoms with van der Waals surface area (Å²) in [6, 6.07) is 8.20. The maximum Gasteiger partial charge on any atom is 0.345 e. The highest BCUT2D eigenvalue weighted by molar-refractivity contribution is 9.10. The summed E-state index contributed by atoms with van der Waals surface area (Å²) in [6.07, 6.45) is 0.928. The van der Waals surface area contributed by atoms with Crippen LogP contribution in [-0.4, -0.2) is 26.9 Å². The molecule has 3 rings (SSSR count). The number of aliphatic imine (C=N–C) groups is 1. The number of amides is 2. The normalized spacial score (nSPS) is 11.1. The van der Waals surface area contributed by atoms with E-state index in [9.17, 15) is 19.5 Å². The molecule has 3 aromatic rings. The van der Waals surface area contributed by atoms with Gasteiger partial charge in [-0.15, -0.1) is 0 Å². The number of nitrogens with one attached hydrogen (secondary N) is 2. The van der Waals surface area contributed by atoms with E-state index in [0.29, 0.717) is 15.8 Å². The molecular weight excluding hydrogens is 464 g/mol. The van der Waals surface area contributed by atoms with E-state index in [0.717, 1.165) is 33.0 Å². The summed E-state index contributed by atoms with van der Waals surface area (Å²) in [5, 5.41) is 13.2. The lowest BCUT2D eigenvalue weighted by Crippen LogP contribution is -2.31. The average molecular weight is 485 g/mol. The van der Waals surface area contributed by atoms with Crippen molar-refractivity contribution in [1.82, 2.24) is 9.55 Å². The van der Waals surface area contributed by atoms with Crippen LogP contribution in [0.1, 0.15) is 27.8 Å². The Hall–Kier alpha value is -3.46. The highest BCUT2D eigenvalue weighted by Gasteiger charge is 2.16. The van der Waals surface area contributed by atoms with Crippen LogP contribution in [0.5, 0.6) is 5.88 Å². The SMILES string of the molecule is Cc1ccc(-n2c(O)c(C=NC(=O)Nc3cc(C)c(C)cc3Br)c(=O)[nH]c2=O)c(C)c1. The summed E-state index contributed by atoms with van der Waals surface area (Å²) in [5.74, 6) is -0.607. The molecule has 0 aliphatic heterocycles. The number of aryl methyl sites for hydroxylation is 4. The van der Waals surface area contributed by atoms with Gasteiger partial charge in [-0.05, 0) is 78.5 Å². The molecule has 160 valence electrons. The van der Waals surface area contributed by atoms with Crippen LogP contribution in [-0.2, 0) is 0 Å². The van der Waals surface area contributed by atoms with E-state index in [-0.39, 0.29) is 5.56 Å². The Bertz CT molecular complexity index is 1340. The molecule has 0 bridgehead atoms. The molecule has 3 N–H and O–H groups in total. The van der Waals surface area contributed by atoms with Gasteiger partial charge in [-0.25, -0.2) is 19.1 Å². The van der Waals surface area contributed by atoms with Gasteiger partial charge in [-0.2, -0.15) is 0 Å². The van der Waals surface area contributed by atoms with E-state index < -0.39 is 23.2 Å². The molecule has 9 heteroatoms. The molecule has 2 aromatic carbocycles. The standard InChI is InChI=1S/C22H21BrN4O4/c1-11-5-6-18(14(4)7-11)27-20(29)15(19(28)26-22(27)31)10-24-21(30)25-17-9-13(3)12(2)8-16(17)23/h5-10,29H,1-4H3,(H,25,30)(H,26,28,31). The maximum atomic E-state index is 12.3. The van der Waals surface area contributed by atoms with Crippen molar-refractivity contribution < 1.29 is 9.90 Å². The Balaban J connectivity index is 1.97. The fourth-order valence-electron chi connectivity index (χ4n) is 3.08. The zero-order valence-corrected chi connectivity index (χ0v) is 19.0. The number of nitrogens with zero attached hydrogens (tertiary/aromatic N) is 2. The summed E-state index contributed by atoms with van der Waals surface area (Å²) in [6.45, 7) is 7.54. The number of rotatable bonds is 3. The van der Waals surface area contributed by atoms with Gasteiger partial charge in [0.25, 0.3) is 5.56 Å². The first-order valence-electron chi connectivity index (χ1n) is 9.36. The van der Waals surface area contributed by atoms with Gasteiger partial charge in [0.2, 0.25) is 5.88 Å². The van der Waals surface area contributed by atoms with Crippen LogP contribution in [0.25, 0.3) is 5.69 Å². The molecular formula is C22H21BrN4O4. The number of benzene rings is 2. The van der Waals surface area contributed by atoms with Crippen molar-refractivity contribution in [1.29, 1.82) is 0 Å². The maximum absolute atomic E-state index is 12.3. The molecule has 1 aromatic heterocycles. The molecule has 0 aliphatic carbocycles. The summed E-state index contributed by atoms with van der Waals surface area (Å²) in [4.78, 5) is 42.7. The van der Waals surface area contributed by atoms with Crippen LogP contribution < -0.4 is 16.6 Å². The number of aromatic nitrogens is 2. The minimum atomic E-state index is -0.854. The smallest absolute Gasteiger partial charge is 0.345 e. The topological polar surface area (TPSA) is 117 Å². The minimum Gasteiger partial charge on any atom is -0.493 e. The second kappa shape index (κ2) is 8.73. The highest BCUT2D eigenvalue weighted by atomic mass is 79.9. The molecule has 31 heavy (non-hydrogen) atoms. The van der Waals surface area contributed by atoms with E-state index >= 15 is 0 Å². The van der Waals surface area contributed by atoms with Crippen molar-refractivity contribution in [2.24, 2.45) is 4.99 Å². The predicted molar refractivity (Wildman–Crippen MR) is 124 cm³/mol. The lowest BCUT2D eigenvalue weighted by atomic mass is 10.1. The molecule has 0 radical (unpaired) electrons. The first-order chi connectivity index (χ1) is 14.6. The number of hydrogen-bond donors (Lipinski definition) is 3. The number of H-pyrrole nitrogens is 1. The monoisotopic (exact) mass is 484 g/mol. The van der Waals surface area contributed by atoms with Gasteiger partial charge < -0.3 is 10.4 Å². The van der Waals surface area contributed by atoms with Gasteiger partial charge in [0, 0.05) is 4.47 Å². The number of hydrogen-bond acceptors (Lipinski definition) is 4. The molecule has 2 amide bonds. The van der Waals surface area contributed by atoms with Gasteiger partial charge in [0.05, 0.1) is 17.6 Å². The molecule has 0 atom stereocenters. The number of urea groups is 1. The first kappa shape index (κ1) is 22.2. The lowest BCUT2D eigenvalue weighted by molar-refractivity contribution is 0.259. The number of carbonyl (C=O) groups excluding carboxylic acids is 1. The third-order valence-electron chi connectivity index (χ3n) is 4.85. The molecule has 0 fully saturated rings. The van der Waals surface area contributed by atoms with Crippen molar-refractivity contribution in [2.75, 3.05) is 5.32 Å². The number of anilines is 1. The highest BCUT2D eigenvalue weighted by Crippen LogP contribution is 2.26. The van der Waals surface area contributed by atoms with Crippen molar-refractivity contribution in [3.63, 3.8) is 0 Å². The largest absolute Gasteiger partial charge is 0.493 e. The van der Waals surface area contributed by atoms with Crippen molar-refractivity contribution in [3.05, 3.63) is 83.5 Å². The molecule has 0 unspecified atom stereocenters.